The second-order valence-corrected chi connectivity index (χ2v) is 8.03. The van der Waals surface area contributed by atoms with E-state index in [4.69, 9.17) is 21.1 Å². The first kappa shape index (κ1) is 21.4. The number of ether oxygens (including phenoxy) is 2. The molecule has 1 amide bonds. The van der Waals surface area contributed by atoms with Crippen LogP contribution >= 0.6 is 11.6 Å². The van der Waals surface area contributed by atoms with Gasteiger partial charge in [0, 0.05) is 23.7 Å². The molecule has 2 atom stereocenters. The van der Waals surface area contributed by atoms with Crippen molar-refractivity contribution in [2.75, 3.05) is 19.8 Å². The number of rotatable bonds is 6. The molecular formula is C24H24ClNO5. The number of hydrogen-bond donors (Lipinski definition) is 1. The van der Waals surface area contributed by atoms with Crippen molar-refractivity contribution in [2.24, 2.45) is 0 Å². The van der Waals surface area contributed by atoms with Crippen molar-refractivity contribution in [1.82, 2.24) is 4.90 Å². The molecule has 0 radical (unpaired) electrons. The minimum Gasteiger partial charge on any atom is -0.507 e. The van der Waals surface area contributed by atoms with E-state index in [0.29, 0.717) is 36.1 Å². The molecule has 0 spiro atoms. The van der Waals surface area contributed by atoms with Gasteiger partial charge in [-0.1, -0.05) is 23.7 Å². The highest BCUT2D eigenvalue weighted by molar-refractivity contribution is 6.46. The van der Waals surface area contributed by atoms with E-state index in [-0.39, 0.29) is 17.4 Å². The van der Waals surface area contributed by atoms with E-state index in [1.807, 2.05) is 19.1 Å². The highest BCUT2D eigenvalue weighted by Crippen LogP contribution is 2.40. The van der Waals surface area contributed by atoms with Crippen LogP contribution in [0.4, 0.5) is 0 Å². The molecular weight excluding hydrogens is 418 g/mol. The Bertz CT molecular complexity index is 994. The standard InChI is InChI=1S/C24H24ClNO5/c1-2-30-18-11-7-15(8-12-18)21-20(22(27)16-5-9-17(25)10-6-16)23(28)24(29)26(21)14-19-4-3-13-31-19/h5-12,19,21,27H,2-4,13-14H2,1H3/b22-20-. The zero-order valence-corrected chi connectivity index (χ0v) is 18.0. The van der Waals surface area contributed by atoms with Gasteiger partial charge in [-0.15, -0.1) is 0 Å². The molecule has 162 valence electrons. The first-order valence-electron chi connectivity index (χ1n) is 10.4. The topological polar surface area (TPSA) is 76.1 Å². The Kier molecular flexibility index (Phi) is 6.30. The molecule has 2 fully saturated rings. The molecule has 2 aromatic rings. The summed E-state index contributed by atoms with van der Waals surface area (Å²) >= 11 is 5.96. The van der Waals surface area contributed by atoms with Gasteiger partial charge in [0.2, 0.25) is 0 Å². The number of halogens is 1. The Morgan fingerprint density at radius 1 is 1.16 bits per heavy atom. The van der Waals surface area contributed by atoms with Crippen molar-refractivity contribution in [3.63, 3.8) is 0 Å². The molecule has 31 heavy (non-hydrogen) atoms. The lowest BCUT2D eigenvalue weighted by Gasteiger charge is -2.27. The van der Waals surface area contributed by atoms with Crippen molar-refractivity contribution in [3.05, 3.63) is 70.3 Å². The Morgan fingerprint density at radius 2 is 1.87 bits per heavy atom. The lowest BCUT2D eigenvalue weighted by Crippen LogP contribution is -2.36. The van der Waals surface area contributed by atoms with Crippen LogP contribution in [0.1, 0.15) is 36.9 Å². The molecule has 0 saturated carbocycles. The van der Waals surface area contributed by atoms with Crippen molar-refractivity contribution in [1.29, 1.82) is 0 Å². The van der Waals surface area contributed by atoms with Gasteiger partial charge in [-0.05, 0) is 61.7 Å². The number of carbonyl (C=O) groups is 2. The van der Waals surface area contributed by atoms with Gasteiger partial charge in [0.15, 0.2) is 0 Å². The summed E-state index contributed by atoms with van der Waals surface area (Å²) in [6.07, 6.45) is 1.63. The van der Waals surface area contributed by atoms with Crippen LogP contribution in [0.2, 0.25) is 5.02 Å². The molecule has 0 aliphatic carbocycles. The van der Waals surface area contributed by atoms with Crippen LogP contribution in [-0.2, 0) is 14.3 Å². The third-order valence-electron chi connectivity index (χ3n) is 5.59. The normalized spacial score (nSPS) is 22.8. The second-order valence-electron chi connectivity index (χ2n) is 7.60. The van der Waals surface area contributed by atoms with Crippen LogP contribution in [0.3, 0.4) is 0 Å². The number of Topliss-reactive ketones (excluding diaryl/α,β-unsaturated/α-hetero) is 1. The molecule has 1 N–H and O–H groups in total. The molecule has 0 aromatic heterocycles. The monoisotopic (exact) mass is 441 g/mol. The second kappa shape index (κ2) is 9.12. The maximum absolute atomic E-state index is 13.0. The Morgan fingerprint density at radius 3 is 2.48 bits per heavy atom. The highest BCUT2D eigenvalue weighted by atomic mass is 35.5. The van der Waals surface area contributed by atoms with Crippen molar-refractivity contribution < 1.29 is 24.2 Å². The molecule has 7 heteroatoms. The molecule has 6 nitrogen and oxygen atoms in total. The van der Waals surface area contributed by atoms with Crippen molar-refractivity contribution >= 4 is 29.1 Å². The van der Waals surface area contributed by atoms with E-state index in [9.17, 15) is 14.7 Å². The largest absolute Gasteiger partial charge is 0.507 e. The predicted molar refractivity (Wildman–Crippen MR) is 117 cm³/mol. The fourth-order valence-corrected chi connectivity index (χ4v) is 4.22. The van der Waals surface area contributed by atoms with Crippen molar-refractivity contribution in [2.45, 2.75) is 31.9 Å². The number of hydrogen-bond acceptors (Lipinski definition) is 5. The first-order valence-corrected chi connectivity index (χ1v) is 10.8. The summed E-state index contributed by atoms with van der Waals surface area (Å²) in [6, 6.07) is 13.0. The maximum Gasteiger partial charge on any atom is 0.295 e. The Hall–Kier alpha value is -2.83. The van der Waals surface area contributed by atoms with Gasteiger partial charge >= 0.3 is 0 Å². The summed E-state index contributed by atoms with van der Waals surface area (Å²) in [5, 5.41) is 11.5. The van der Waals surface area contributed by atoms with Crippen LogP contribution < -0.4 is 4.74 Å². The number of aliphatic hydroxyl groups is 1. The minimum atomic E-state index is -0.712. The van der Waals surface area contributed by atoms with E-state index in [2.05, 4.69) is 0 Å². The van der Waals surface area contributed by atoms with Crippen LogP contribution in [0.15, 0.2) is 54.1 Å². The molecule has 2 saturated heterocycles. The molecule has 0 bridgehead atoms. The van der Waals surface area contributed by atoms with Gasteiger partial charge in [-0.3, -0.25) is 9.59 Å². The summed E-state index contributed by atoms with van der Waals surface area (Å²) in [6.45, 7) is 3.37. The minimum absolute atomic E-state index is 0.0643. The summed E-state index contributed by atoms with van der Waals surface area (Å²) in [4.78, 5) is 27.5. The van der Waals surface area contributed by atoms with E-state index in [0.717, 1.165) is 18.4 Å². The number of carbonyl (C=O) groups excluding carboxylic acids is 2. The summed E-state index contributed by atoms with van der Waals surface area (Å²) in [7, 11) is 0. The molecule has 2 aliphatic rings. The molecule has 2 unspecified atom stereocenters. The molecule has 2 aromatic carbocycles. The summed E-state index contributed by atoms with van der Waals surface area (Å²) < 4.78 is 11.2. The zero-order chi connectivity index (χ0) is 22.0. The van der Waals surface area contributed by atoms with Crippen LogP contribution in [0.25, 0.3) is 5.76 Å². The van der Waals surface area contributed by atoms with Gasteiger partial charge in [0.1, 0.15) is 11.5 Å². The first-order chi connectivity index (χ1) is 15.0. The van der Waals surface area contributed by atoms with E-state index in [1.54, 1.807) is 36.4 Å². The summed E-state index contributed by atoms with van der Waals surface area (Å²) in [5.41, 5.74) is 1.21. The lowest BCUT2D eigenvalue weighted by molar-refractivity contribution is -0.140. The maximum atomic E-state index is 13.0. The van der Waals surface area contributed by atoms with Crippen molar-refractivity contribution in [3.8, 4) is 5.75 Å². The fourth-order valence-electron chi connectivity index (χ4n) is 4.10. The fraction of sp³-hybridized carbons (Fsp3) is 0.333. The van der Waals surface area contributed by atoms with Crippen LogP contribution in [-0.4, -0.2) is 47.6 Å². The van der Waals surface area contributed by atoms with Gasteiger partial charge < -0.3 is 19.5 Å². The van der Waals surface area contributed by atoms with E-state index < -0.39 is 17.7 Å². The number of aliphatic hydroxyl groups excluding tert-OH is 1. The van der Waals surface area contributed by atoms with Crippen LogP contribution in [0.5, 0.6) is 5.75 Å². The summed E-state index contributed by atoms with van der Waals surface area (Å²) in [5.74, 6) is -0.863. The van der Waals surface area contributed by atoms with Gasteiger partial charge in [0.25, 0.3) is 11.7 Å². The number of ketones is 1. The Balaban J connectivity index is 1.78. The average molecular weight is 442 g/mol. The lowest BCUT2D eigenvalue weighted by atomic mass is 9.95. The third-order valence-corrected chi connectivity index (χ3v) is 5.84. The molecule has 2 heterocycles. The quantitative estimate of drug-likeness (QED) is 0.410. The zero-order valence-electron chi connectivity index (χ0n) is 17.2. The van der Waals surface area contributed by atoms with E-state index in [1.165, 1.54) is 4.90 Å². The van der Waals surface area contributed by atoms with E-state index >= 15 is 0 Å². The molecule has 2 aliphatic heterocycles. The smallest absolute Gasteiger partial charge is 0.295 e. The Labute approximate surface area is 186 Å². The van der Waals surface area contributed by atoms with Gasteiger partial charge in [-0.25, -0.2) is 0 Å². The average Bonchev–Trinajstić information content (AvgIpc) is 3.37. The predicted octanol–water partition coefficient (Wildman–Crippen LogP) is 4.34. The SMILES string of the molecule is CCOc1ccc(C2/C(=C(/O)c3ccc(Cl)cc3)C(=O)C(=O)N2CC2CCCO2)cc1. The highest BCUT2D eigenvalue weighted by Gasteiger charge is 2.47. The molecule has 4 rings (SSSR count). The third kappa shape index (κ3) is 4.31. The number of likely N-dealkylation sites (tertiary alicyclic amines) is 1. The van der Waals surface area contributed by atoms with Gasteiger partial charge in [0.05, 0.1) is 24.3 Å². The van der Waals surface area contributed by atoms with Gasteiger partial charge in [-0.2, -0.15) is 0 Å². The van der Waals surface area contributed by atoms with Crippen LogP contribution in [0, 0.1) is 0 Å². The number of nitrogens with zero attached hydrogens (tertiary/aromatic N) is 1. The number of amides is 1. The number of benzene rings is 2.